The number of ether oxygens (including phenoxy) is 2. The summed E-state index contributed by atoms with van der Waals surface area (Å²) in [5, 5.41) is 3.04. The average Bonchev–Trinajstić information content (AvgIpc) is 2.65. The summed E-state index contributed by atoms with van der Waals surface area (Å²) in [5.41, 5.74) is 5.64. The minimum absolute atomic E-state index is 0.0198. The Labute approximate surface area is 167 Å². The molecule has 0 unspecified atom stereocenters. The molecule has 28 heavy (non-hydrogen) atoms. The maximum atomic E-state index is 12.5. The zero-order valence-electron chi connectivity index (χ0n) is 17.3. The predicted molar refractivity (Wildman–Crippen MR) is 112 cm³/mol. The zero-order chi connectivity index (χ0) is 20.1. The molecule has 0 fully saturated rings. The first-order chi connectivity index (χ1) is 13.5. The number of rotatable bonds is 7. The van der Waals surface area contributed by atoms with E-state index in [-0.39, 0.29) is 5.91 Å². The average molecular weight is 383 g/mol. The van der Waals surface area contributed by atoms with E-state index in [0.29, 0.717) is 19.8 Å². The Balaban J connectivity index is 1.67. The van der Waals surface area contributed by atoms with Crippen molar-refractivity contribution in [2.75, 3.05) is 31.6 Å². The van der Waals surface area contributed by atoms with Crippen LogP contribution in [-0.2, 0) is 17.8 Å². The molecule has 1 aliphatic rings. The van der Waals surface area contributed by atoms with Gasteiger partial charge in [-0.1, -0.05) is 17.7 Å². The third-order valence-electron chi connectivity index (χ3n) is 4.98. The van der Waals surface area contributed by atoms with E-state index in [4.69, 9.17) is 9.47 Å². The van der Waals surface area contributed by atoms with Gasteiger partial charge in [-0.2, -0.15) is 0 Å². The third kappa shape index (κ3) is 4.84. The smallest absolute Gasteiger partial charge is 0.238 e. The molecule has 1 N–H and O–H groups in total. The van der Waals surface area contributed by atoms with E-state index in [0.717, 1.165) is 42.3 Å². The van der Waals surface area contributed by atoms with Crippen LogP contribution in [0, 0.1) is 13.8 Å². The SMILES string of the molecule is CCOc1cc2c(cc1OCC)CN(CC(=O)Nc1ccc(C)cc1C)CC2. The Morgan fingerprint density at radius 3 is 2.36 bits per heavy atom. The van der Waals surface area contributed by atoms with E-state index >= 15 is 0 Å². The van der Waals surface area contributed by atoms with E-state index in [1.165, 1.54) is 16.7 Å². The van der Waals surface area contributed by atoms with Crippen molar-refractivity contribution in [3.05, 3.63) is 52.6 Å². The number of carbonyl (C=O) groups excluding carboxylic acids is 1. The van der Waals surface area contributed by atoms with E-state index in [1.807, 2.05) is 32.9 Å². The number of carbonyl (C=O) groups is 1. The minimum Gasteiger partial charge on any atom is -0.490 e. The van der Waals surface area contributed by atoms with Gasteiger partial charge in [-0.3, -0.25) is 9.69 Å². The Kier molecular flexibility index (Phi) is 6.57. The van der Waals surface area contributed by atoms with Gasteiger partial charge in [-0.05, 0) is 69.0 Å². The van der Waals surface area contributed by atoms with Gasteiger partial charge < -0.3 is 14.8 Å². The van der Waals surface area contributed by atoms with Gasteiger partial charge >= 0.3 is 0 Å². The second-order valence-corrected chi connectivity index (χ2v) is 7.26. The van der Waals surface area contributed by atoms with Gasteiger partial charge in [0.1, 0.15) is 0 Å². The molecule has 0 bridgehead atoms. The van der Waals surface area contributed by atoms with E-state index in [1.54, 1.807) is 0 Å². The fraction of sp³-hybridized carbons (Fsp3) is 0.435. The van der Waals surface area contributed by atoms with Gasteiger partial charge in [0.25, 0.3) is 0 Å². The van der Waals surface area contributed by atoms with Gasteiger partial charge in [-0.15, -0.1) is 0 Å². The first-order valence-corrected chi connectivity index (χ1v) is 10.0. The standard InChI is InChI=1S/C23H30N2O3/c1-5-27-21-12-18-9-10-25(14-19(18)13-22(21)28-6-2)15-23(26)24-20-8-7-16(3)11-17(20)4/h7-8,11-13H,5-6,9-10,14-15H2,1-4H3,(H,24,26). The van der Waals surface area contributed by atoms with Crippen LogP contribution in [0.25, 0.3) is 0 Å². The van der Waals surface area contributed by atoms with Crippen LogP contribution in [0.1, 0.15) is 36.1 Å². The molecule has 0 atom stereocenters. The Bertz CT molecular complexity index is 848. The van der Waals surface area contributed by atoms with Crippen molar-refractivity contribution in [2.24, 2.45) is 0 Å². The van der Waals surface area contributed by atoms with Crippen LogP contribution in [0.4, 0.5) is 5.69 Å². The number of hydrogen-bond donors (Lipinski definition) is 1. The number of benzene rings is 2. The molecule has 150 valence electrons. The van der Waals surface area contributed by atoms with E-state index < -0.39 is 0 Å². The van der Waals surface area contributed by atoms with Gasteiger partial charge in [0.2, 0.25) is 5.91 Å². The Morgan fingerprint density at radius 2 is 1.71 bits per heavy atom. The normalized spacial score (nSPS) is 13.7. The molecular weight excluding hydrogens is 352 g/mol. The Morgan fingerprint density at radius 1 is 1.04 bits per heavy atom. The molecule has 3 rings (SSSR count). The van der Waals surface area contributed by atoms with Crippen LogP contribution >= 0.6 is 0 Å². The molecule has 0 saturated heterocycles. The summed E-state index contributed by atoms with van der Waals surface area (Å²) in [7, 11) is 0. The van der Waals surface area contributed by atoms with Crippen molar-refractivity contribution in [3.8, 4) is 11.5 Å². The van der Waals surface area contributed by atoms with Gasteiger partial charge in [0.15, 0.2) is 11.5 Å². The number of nitrogens with zero attached hydrogens (tertiary/aromatic N) is 1. The van der Waals surface area contributed by atoms with Crippen LogP contribution in [0.15, 0.2) is 30.3 Å². The van der Waals surface area contributed by atoms with Crippen LogP contribution in [-0.4, -0.2) is 37.1 Å². The lowest BCUT2D eigenvalue weighted by molar-refractivity contribution is -0.117. The van der Waals surface area contributed by atoms with E-state index in [2.05, 4.69) is 35.3 Å². The van der Waals surface area contributed by atoms with Crippen molar-refractivity contribution in [2.45, 2.75) is 40.7 Å². The van der Waals surface area contributed by atoms with Crippen LogP contribution in [0.3, 0.4) is 0 Å². The lowest BCUT2D eigenvalue weighted by Gasteiger charge is -2.29. The lowest BCUT2D eigenvalue weighted by atomic mass is 9.98. The van der Waals surface area contributed by atoms with Crippen LogP contribution in [0.5, 0.6) is 11.5 Å². The second-order valence-electron chi connectivity index (χ2n) is 7.26. The first-order valence-electron chi connectivity index (χ1n) is 10.0. The molecule has 0 aromatic heterocycles. The van der Waals surface area contributed by atoms with Gasteiger partial charge in [-0.25, -0.2) is 0 Å². The van der Waals surface area contributed by atoms with Crippen LogP contribution in [0.2, 0.25) is 0 Å². The minimum atomic E-state index is 0.0198. The summed E-state index contributed by atoms with van der Waals surface area (Å²) in [5.74, 6) is 1.61. The molecular formula is C23H30N2O3. The molecule has 2 aromatic rings. The number of nitrogens with one attached hydrogen (secondary N) is 1. The van der Waals surface area contributed by atoms with E-state index in [9.17, 15) is 4.79 Å². The number of fused-ring (bicyclic) bond motifs is 1. The first kappa shape index (κ1) is 20.2. The highest BCUT2D eigenvalue weighted by Crippen LogP contribution is 2.33. The summed E-state index contributed by atoms with van der Waals surface area (Å²) in [6.45, 7) is 11.2. The summed E-state index contributed by atoms with van der Waals surface area (Å²) in [4.78, 5) is 14.7. The monoisotopic (exact) mass is 382 g/mol. The molecule has 0 spiro atoms. The molecule has 1 amide bonds. The summed E-state index contributed by atoms with van der Waals surface area (Å²) in [6, 6.07) is 10.2. The van der Waals surface area contributed by atoms with Crippen molar-refractivity contribution in [3.63, 3.8) is 0 Å². The molecule has 1 aliphatic heterocycles. The lowest BCUT2D eigenvalue weighted by Crippen LogP contribution is -2.37. The van der Waals surface area contributed by atoms with Crippen molar-refractivity contribution in [1.82, 2.24) is 4.90 Å². The maximum absolute atomic E-state index is 12.5. The molecule has 0 aliphatic carbocycles. The van der Waals surface area contributed by atoms with Crippen molar-refractivity contribution < 1.29 is 14.3 Å². The van der Waals surface area contributed by atoms with Crippen molar-refractivity contribution >= 4 is 11.6 Å². The molecule has 0 radical (unpaired) electrons. The summed E-state index contributed by atoms with van der Waals surface area (Å²) >= 11 is 0. The number of aryl methyl sites for hydroxylation is 2. The van der Waals surface area contributed by atoms with Gasteiger partial charge in [0, 0.05) is 18.8 Å². The highest BCUT2D eigenvalue weighted by atomic mass is 16.5. The number of anilines is 1. The zero-order valence-corrected chi connectivity index (χ0v) is 17.3. The molecule has 0 saturated carbocycles. The number of amides is 1. The molecule has 2 aromatic carbocycles. The van der Waals surface area contributed by atoms with Crippen molar-refractivity contribution in [1.29, 1.82) is 0 Å². The van der Waals surface area contributed by atoms with Crippen LogP contribution < -0.4 is 14.8 Å². The molecule has 5 heteroatoms. The third-order valence-corrected chi connectivity index (χ3v) is 4.98. The predicted octanol–water partition coefficient (Wildman–Crippen LogP) is 4.10. The quantitative estimate of drug-likeness (QED) is 0.783. The van der Waals surface area contributed by atoms with Gasteiger partial charge in [0.05, 0.1) is 19.8 Å². The fourth-order valence-corrected chi connectivity index (χ4v) is 3.64. The Hall–Kier alpha value is -2.53. The summed E-state index contributed by atoms with van der Waals surface area (Å²) in [6.07, 6.45) is 0.901. The summed E-state index contributed by atoms with van der Waals surface area (Å²) < 4.78 is 11.5. The highest BCUT2D eigenvalue weighted by Gasteiger charge is 2.21. The molecule has 5 nitrogen and oxygen atoms in total. The molecule has 1 heterocycles. The second kappa shape index (κ2) is 9.11. The number of hydrogen-bond acceptors (Lipinski definition) is 4. The maximum Gasteiger partial charge on any atom is 0.238 e. The fourth-order valence-electron chi connectivity index (χ4n) is 3.64. The largest absolute Gasteiger partial charge is 0.490 e. The topological polar surface area (TPSA) is 50.8 Å². The highest BCUT2D eigenvalue weighted by molar-refractivity contribution is 5.93.